The van der Waals surface area contributed by atoms with Crippen LogP contribution < -0.4 is 0 Å². The zero-order valence-electron chi connectivity index (χ0n) is 7.92. The Morgan fingerprint density at radius 2 is 1.58 bits per heavy atom. The third-order valence-corrected chi connectivity index (χ3v) is 1.94. The molecule has 1 fully saturated rings. The molecular weight excluding hydrogens is 160 g/mol. The van der Waals surface area contributed by atoms with E-state index in [-0.39, 0.29) is 6.61 Å². The largest absolute Gasteiger partial charge is 0.359 e. The Morgan fingerprint density at radius 1 is 1.08 bits per heavy atom. The van der Waals surface area contributed by atoms with Crippen LogP contribution in [0.4, 0.5) is 0 Å². The van der Waals surface area contributed by atoms with Crippen LogP contribution in [0.2, 0.25) is 0 Å². The van der Waals surface area contributed by atoms with Crippen molar-refractivity contribution < 1.29 is 19.7 Å². The number of ether oxygens (including phenoxy) is 2. The quantitative estimate of drug-likeness (QED) is 0.519. The van der Waals surface area contributed by atoms with E-state index in [2.05, 4.69) is 0 Å². The summed E-state index contributed by atoms with van der Waals surface area (Å²) in [6.45, 7) is 7.00. The highest BCUT2D eigenvalue weighted by atomic mass is 16.8. The molecule has 0 aromatic carbocycles. The summed E-state index contributed by atoms with van der Waals surface area (Å²) in [5, 5.41) is 18.7. The van der Waals surface area contributed by atoms with Crippen LogP contribution in [-0.2, 0) is 9.47 Å². The predicted octanol–water partition coefficient (Wildman–Crippen LogP) is 0.229. The van der Waals surface area contributed by atoms with Gasteiger partial charge >= 0.3 is 5.97 Å². The van der Waals surface area contributed by atoms with E-state index in [0.717, 1.165) is 0 Å². The second-order valence-corrected chi connectivity index (χ2v) is 4.27. The molecule has 0 spiro atoms. The fraction of sp³-hybridized carbons (Fsp3) is 1.00. The summed E-state index contributed by atoms with van der Waals surface area (Å²) in [7, 11) is 0. The van der Waals surface area contributed by atoms with Crippen LogP contribution in [0.3, 0.4) is 0 Å². The van der Waals surface area contributed by atoms with Crippen molar-refractivity contribution in [2.24, 2.45) is 0 Å². The maximum absolute atomic E-state index is 9.34. The Balaban J connectivity index is 2.82. The fourth-order valence-electron chi connectivity index (χ4n) is 1.23. The van der Waals surface area contributed by atoms with Gasteiger partial charge in [-0.1, -0.05) is 0 Å². The number of aliphatic hydroxyl groups is 2. The molecule has 1 saturated heterocycles. The Kier molecular flexibility index (Phi) is 2.00. The van der Waals surface area contributed by atoms with Crippen molar-refractivity contribution in [2.45, 2.75) is 44.9 Å². The maximum atomic E-state index is 9.34. The van der Waals surface area contributed by atoms with Crippen molar-refractivity contribution in [3.8, 4) is 0 Å². The summed E-state index contributed by atoms with van der Waals surface area (Å²) >= 11 is 0. The lowest BCUT2D eigenvalue weighted by Crippen LogP contribution is -2.63. The van der Waals surface area contributed by atoms with Gasteiger partial charge in [-0.15, -0.1) is 0 Å². The van der Waals surface area contributed by atoms with E-state index in [4.69, 9.17) is 9.47 Å². The van der Waals surface area contributed by atoms with Crippen molar-refractivity contribution in [2.75, 3.05) is 6.61 Å². The molecule has 4 nitrogen and oxygen atoms in total. The van der Waals surface area contributed by atoms with Crippen LogP contribution in [0.15, 0.2) is 0 Å². The van der Waals surface area contributed by atoms with Gasteiger partial charge in [0, 0.05) is 0 Å². The van der Waals surface area contributed by atoms with Crippen molar-refractivity contribution >= 4 is 0 Å². The number of hydrogen-bond acceptors (Lipinski definition) is 4. The molecule has 4 heteroatoms. The van der Waals surface area contributed by atoms with Gasteiger partial charge in [-0.25, -0.2) is 0 Å². The zero-order valence-corrected chi connectivity index (χ0v) is 7.92. The molecule has 72 valence electrons. The molecule has 0 aromatic rings. The Labute approximate surface area is 72.1 Å². The molecule has 0 aromatic heterocycles. The van der Waals surface area contributed by atoms with Gasteiger partial charge in [0.1, 0.15) is 5.60 Å². The van der Waals surface area contributed by atoms with Crippen molar-refractivity contribution in [3.05, 3.63) is 0 Å². The fourth-order valence-corrected chi connectivity index (χ4v) is 1.23. The molecule has 0 saturated carbocycles. The van der Waals surface area contributed by atoms with Crippen molar-refractivity contribution in [3.63, 3.8) is 0 Å². The average molecular weight is 176 g/mol. The average Bonchev–Trinajstić information content (AvgIpc) is 1.79. The molecule has 1 heterocycles. The minimum atomic E-state index is -2.19. The van der Waals surface area contributed by atoms with Gasteiger partial charge in [0.05, 0.1) is 12.2 Å². The summed E-state index contributed by atoms with van der Waals surface area (Å²) in [5.74, 6) is -2.19. The lowest BCUT2D eigenvalue weighted by atomic mass is 10.0. The molecular formula is C8H16O4. The van der Waals surface area contributed by atoms with Gasteiger partial charge < -0.3 is 19.7 Å². The summed E-state index contributed by atoms with van der Waals surface area (Å²) in [6.07, 6.45) is 0. The lowest BCUT2D eigenvalue weighted by molar-refractivity contribution is -0.458. The maximum Gasteiger partial charge on any atom is 0.308 e. The van der Waals surface area contributed by atoms with E-state index in [9.17, 15) is 10.2 Å². The van der Waals surface area contributed by atoms with Crippen molar-refractivity contribution in [1.82, 2.24) is 0 Å². The first-order valence-electron chi connectivity index (χ1n) is 3.95. The predicted molar refractivity (Wildman–Crippen MR) is 42.4 cm³/mol. The van der Waals surface area contributed by atoms with Crippen LogP contribution in [0, 0.1) is 0 Å². The van der Waals surface area contributed by atoms with Gasteiger partial charge in [0.2, 0.25) is 0 Å². The van der Waals surface area contributed by atoms with Gasteiger partial charge in [0.25, 0.3) is 0 Å². The monoisotopic (exact) mass is 176 g/mol. The minimum Gasteiger partial charge on any atom is -0.359 e. The van der Waals surface area contributed by atoms with Gasteiger partial charge in [-0.3, -0.25) is 0 Å². The highest BCUT2D eigenvalue weighted by Crippen LogP contribution is 2.35. The molecule has 0 unspecified atom stereocenters. The van der Waals surface area contributed by atoms with Crippen LogP contribution in [0.1, 0.15) is 27.7 Å². The van der Waals surface area contributed by atoms with E-state index in [1.54, 1.807) is 13.8 Å². The first-order chi connectivity index (χ1) is 5.16. The SMILES string of the molecule is CC1(C)COC(O)(O)C(C)(C)O1. The number of rotatable bonds is 0. The Morgan fingerprint density at radius 3 is 1.92 bits per heavy atom. The third kappa shape index (κ3) is 1.61. The molecule has 0 aliphatic carbocycles. The minimum absolute atomic E-state index is 0.170. The topological polar surface area (TPSA) is 58.9 Å². The summed E-state index contributed by atoms with van der Waals surface area (Å²) in [4.78, 5) is 0. The number of hydrogen-bond donors (Lipinski definition) is 2. The molecule has 1 aliphatic heterocycles. The first-order valence-corrected chi connectivity index (χ1v) is 3.95. The van der Waals surface area contributed by atoms with Crippen LogP contribution in [-0.4, -0.2) is 34.0 Å². The molecule has 0 amide bonds. The zero-order chi connectivity index (χ0) is 9.62. The normalized spacial score (nSPS) is 31.5. The molecule has 0 atom stereocenters. The van der Waals surface area contributed by atoms with Gasteiger partial charge in [-0.05, 0) is 27.7 Å². The van der Waals surface area contributed by atoms with Crippen LogP contribution in [0.5, 0.6) is 0 Å². The summed E-state index contributed by atoms with van der Waals surface area (Å²) < 4.78 is 10.3. The van der Waals surface area contributed by atoms with E-state index in [1.165, 1.54) is 0 Å². The highest BCUT2D eigenvalue weighted by Gasteiger charge is 2.52. The summed E-state index contributed by atoms with van der Waals surface area (Å²) in [5.41, 5.74) is -1.58. The smallest absolute Gasteiger partial charge is 0.308 e. The molecule has 12 heavy (non-hydrogen) atoms. The molecule has 1 aliphatic rings. The lowest BCUT2D eigenvalue weighted by Gasteiger charge is -2.47. The second kappa shape index (κ2) is 2.42. The first kappa shape index (κ1) is 9.92. The van der Waals surface area contributed by atoms with Gasteiger partial charge in [-0.2, -0.15) is 0 Å². The van der Waals surface area contributed by atoms with Crippen LogP contribution in [0.25, 0.3) is 0 Å². The highest BCUT2D eigenvalue weighted by molar-refractivity contribution is 4.88. The summed E-state index contributed by atoms with van der Waals surface area (Å²) in [6, 6.07) is 0. The standard InChI is InChI=1S/C8H16O4/c1-6(2)5-11-8(9,10)7(3,4)12-6/h9-10H,5H2,1-4H3. The third-order valence-electron chi connectivity index (χ3n) is 1.94. The molecule has 1 rings (SSSR count). The van der Waals surface area contributed by atoms with E-state index in [1.807, 2.05) is 13.8 Å². The molecule has 0 bridgehead atoms. The molecule has 0 radical (unpaired) electrons. The Hall–Kier alpha value is -0.160. The van der Waals surface area contributed by atoms with Crippen LogP contribution >= 0.6 is 0 Å². The van der Waals surface area contributed by atoms with E-state index >= 15 is 0 Å². The molecule has 2 N–H and O–H groups in total. The Bertz CT molecular complexity index is 183. The van der Waals surface area contributed by atoms with E-state index in [0.29, 0.717) is 0 Å². The van der Waals surface area contributed by atoms with E-state index < -0.39 is 17.2 Å². The van der Waals surface area contributed by atoms with Gasteiger partial charge in [0.15, 0.2) is 0 Å². The van der Waals surface area contributed by atoms with Crippen molar-refractivity contribution in [1.29, 1.82) is 0 Å². The second-order valence-electron chi connectivity index (χ2n) is 4.27.